The molecule has 0 bridgehead atoms. The SMILES string of the molecule is COc1cc(-c2nccc(-c3cccc(-c4ccc(CNC(C)C)c(OC)n4)c3Cl)c2Cl)ccc1CNC(C)C. The fourth-order valence-electron chi connectivity index (χ4n) is 4.39. The molecule has 4 aromatic rings. The van der Waals surface area contributed by atoms with Crippen LogP contribution in [-0.4, -0.2) is 36.3 Å². The number of methoxy groups -OCH3 is 2. The highest BCUT2D eigenvalue weighted by atomic mass is 35.5. The molecule has 2 aromatic carbocycles. The predicted molar refractivity (Wildman–Crippen MR) is 165 cm³/mol. The molecule has 0 saturated heterocycles. The highest BCUT2D eigenvalue weighted by Gasteiger charge is 2.18. The lowest BCUT2D eigenvalue weighted by molar-refractivity contribution is 0.390. The lowest BCUT2D eigenvalue weighted by Crippen LogP contribution is -2.22. The molecule has 0 fully saturated rings. The van der Waals surface area contributed by atoms with Gasteiger partial charge in [0.1, 0.15) is 5.75 Å². The molecule has 0 aliphatic heterocycles. The van der Waals surface area contributed by atoms with Gasteiger partial charge in [-0.25, -0.2) is 4.98 Å². The molecule has 0 radical (unpaired) electrons. The third-order valence-electron chi connectivity index (χ3n) is 6.55. The summed E-state index contributed by atoms with van der Waals surface area (Å²) in [5.41, 5.74) is 6.66. The van der Waals surface area contributed by atoms with Gasteiger partial charge in [-0.15, -0.1) is 0 Å². The molecule has 0 atom stereocenters. The van der Waals surface area contributed by atoms with Gasteiger partial charge in [0.25, 0.3) is 0 Å². The van der Waals surface area contributed by atoms with Crippen LogP contribution < -0.4 is 20.1 Å². The van der Waals surface area contributed by atoms with Crippen LogP contribution in [0.5, 0.6) is 11.6 Å². The third kappa shape index (κ3) is 6.76. The Morgan fingerprint density at radius 1 is 0.750 bits per heavy atom. The highest BCUT2D eigenvalue weighted by Crippen LogP contribution is 2.42. The van der Waals surface area contributed by atoms with Crippen LogP contribution >= 0.6 is 23.2 Å². The van der Waals surface area contributed by atoms with Crippen molar-refractivity contribution in [2.75, 3.05) is 14.2 Å². The number of pyridine rings is 2. The lowest BCUT2D eigenvalue weighted by Gasteiger charge is -2.16. The van der Waals surface area contributed by atoms with Gasteiger partial charge >= 0.3 is 0 Å². The normalized spacial score (nSPS) is 11.3. The van der Waals surface area contributed by atoms with Gasteiger partial charge in [-0.1, -0.05) is 87.3 Å². The van der Waals surface area contributed by atoms with Gasteiger partial charge in [0.15, 0.2) is 0 Å². The summed E-state index contributed by atoms with van der Waals surface area (Å²) in [4.78, 5) is 9.37. The Morgan fingerprint density at radius 2 is 1.40 bits per heavy atom. The second kappa shape index (κ2) is 13.5. The number of nitrogens with zero attached hydrogens (tertiary/aromatic N) is 2. The fraction of sp³-hybridized carbons (Fsp3) is 0.312. The van der Waals surface area contributed by atoms with Crippen molar-refractivity contribution in [3.05, 3.63) is 82.0 Å². The Balaban J connectivity index is 1.71. The molecule has 0 unspecified atom stereocenters. The van der Waals surface area contributed by atoms with E-state index in [9.17, 15) is 0 Å². The van der Waals surface area contributed by atoms with Gasteiger partial charge in [0, 0.05) is 64.8 Å². The van der Waals surface area contributed by atoms with Crippen LogP contribution in [0.15, 0.2) is 60.8 Å². The van der Waals surface area contributed by atoms with Crippen molar-refractivity contribution >= 4 is 23.2 Å². The number of hydrogen-bond donors (Lipinski definition) is 2. The van der Waals surface area contributed by atoms with Crippen molar-refractivity contribution in [1.29, 1.82) is 0 Å². The minimum atomic E-state index is 0.353. The van der Waals surface area contributed by atoms with Crippen LogP contribution in [0.4, 0.5) is 0 Å². The van der Waals surface area contributed by atoms with Gasteiger partial charge in [-0.3, -0.25) is 4.98 Å². The summed E-state index contributed by atoms with van der Waals surface area (Å²) >= 11 is 14.0. The number of halogens is 2. The fourth-order valence-corrected chi connectivity index (χ4v) is 5.03. The third-order valence-corrected chi connectivity index (χ3v) is 7.34. The first-order valence-corrected chi connectivity index (χ1v) is 14.1. The van der Waals surface area contributed by atoms with Crippen molar-refractivity contribution in [3.63, 3.8) is 0 Å². The van der Waals surface area contributed by atoms with Gasteiger partial charge < -0.3 is 20.1 Å². The summed E-state index contributed by atoms with van der Waals surface area (Å²) in [6, 6.07) is 18.5. The second-order valence-corrected chi connectivity index (χ2v) is 10.9. The first-order chi connectivity index (χ1) is 19.2. The summed E-state index contributed by atoms with van der Waals surface area (Å²) in [5.74, 6) is 1.35. The van der Waals surface area contributed by atoms with Gasteiger partial charge in [-0.05, 0) is 18.2 Å². The number of nitrogens with one attached hydrogen (secondary N) is 2. The zero-order valence-corrected chi connectivity index (χ0v) is 25.3. The van der Waals surface area contributed by atoms with E-state index in [1.54, 1.807) is 20.4 Å². The van der Waals surface area contributed by atoms with Gasteiger partial charge in [0.2, 0.25) is 5.88 Å². The minimum absolute atomic E-state index is 0.353. The molecule has 0 spiro atoms. The van der Waals surface area contributed by atoms with Crippen LogP contribution in [-0.2, 0) is 13.1 Å². The zero-order valence-electron chi connectivity index (χ0n) is 23.8. The average molecular weight is 580 g/mol. The van der Waals surface area contributed by atoms with Gasteiger partial charge in [0.05, 0.1) is 35.7 Å². The summed E-state index contributed by atoms with van der Waals surface area (Å²) in [7, 11) is 3.30. The molecule has 0 aliphatic carbocycles. The van der Waals surface area contributed by atoms with E-state index < -0.39 is 0 Å². The van der Waals surface area contributed by atoms with E-state index in [4.69, 9.17) is 37.7 Å². The zero-order chi connectivity index (χ0) is 28.8. The topological polar surface area (TPSA) is 68.3 Å². The molecule has 0 amide bonds. The minimum Gasteiger partial charge on any atom is -0.496 e. The lowest BCUT2D eigenvalue weighted by atomic mass is 9.99. The molecule has 8 heteroatoms. The molecule has 4 rings (SSSR count). The molecule has 6 nitrogen and oxygen atoms in total. The summed E-state index contributed by atoms with van der Waals surface area (Å²) in [5, 5.41) is 7.90. The van der Waals surface area contributed by atoms with Crippen LogP contribution in [0.3, 0.4) is 0 Å². The standard InChI is InChI=1S/C32H36Cl2N4O2/c1-19(2)36-17-22-11-10-21(16-28(22)39-5)31-30(34)25(14-15-35-31)24-8-7-9-26(29(24)33)27-13-12-23(18-37-20(3)4)32(38-27)40-6/h7-16,19-20,36-37H,17-18H2,1-6H3. The van der Waals surface area contributed by atoms with Crippen LogP contribution in [0.25, 0.3) is 33.6 Å². The monoisotopic (exact) mass is 578 g/mol. The maximum atomic E-state index is 7.02. The van der Waals surface area contributed by atoms with E-state index in [1.165, 1.54) is 0 Å². The number of rotatable bonds is 11. The Morgan fingerprint density at radius 3 is 2.08 bits per heavy atom. The Hall–Kier alpha value is -3.16. The van der Waals surface area contributed by atoms with Crippen LogP contribution in [0.1, 0.15) is 38.8 Å². The van der Waals surface area contributed by atoms with Crippen molar-refractivity contribution in [3.8, 4) is 45.3 Å². The largest absolute Gasteiger partial charge is 0.496 e. The molecule has 0 saturated carbocycles. The maximum absolute atomic E-state index is 7.02. The van der Waals surface area contributed by atoms with Gasteiger partial charge in [-0.2, -0.15) is 0 Å². The quantitative estimate of drug-likeness (QED) is 0.189. The number of hydrogen-bond acceptors (Lipinski definition) is 6. The van der Waals surface area contributed by atoms with E-state index >= 15 is 0 Å². The second-order valence-electron chi connectivity index (χ2n) is 10.2. The highest BCUT2D eigenvalue weighted by molar-refractivity contribution is 6.39. The van der Waals surface area contributed by atoms with Crippen LogP contribution in [0, 0.1) is 0 Å². The molecule has 0 aliphatic rings. The maximum Gasteiger partial charge on any atom is 0.218 e. The number of aromatic nitrogens is 2. The molecule has 40 heavy (non-hydrogen) atoms. The van der Waals surface area contributed by atoms with E-state index in [-0.39, 0.29) is 0 Å². The van der Waals surface area contributed by atoms with E-state index in [0.29, 0.717) is 46.8 Å². The number of ether oxygens (including phenoxy) is 2. The van der Waals surface area contributed by atoms with E-state index in [1.807, 2.05) is 54.6 Å². The first kappa shape index (κ1) is 29.8. The van der Waals surface area contributed by atoms with Crippen molar-refractivity contribution in [2.45, 2.75) is 52.9 Å². The molecule has 2 aromatic heterocycles. The average Bonchev–Trinajstić information content (AvgIpc) is 2.95. The van der Waals surface area contributed by atoms with Crippen molar-refractivity contribution in [1.82, 2.24) is 20.6 Å². The summed E-state index contributed by atoms with van der Waals surface area (Å²) in [6.45, 7) is 9.81. The van der Waals surface area contributed by atoms with Crippen molar-refractivity contribution in [2.24, 2.45) is 0 Å². The Labute approximate surface area is 247 Å². The summed E-state index contributed by atoms with van der Waals surface area (Å²) in [6.07, 6.45) is 1.75. The molecule has 210 valence electrons. The number of benzene rings is 2. The smallest absolute Gasteiger partial charge is 0.218 e. The Bertz CT molecular complexity index is 1360. The van der Waals surface area contributed by atoms with Crippen LogP contribution in [0.2, 0.25) is 10.0 Å². The van der Waals surface area contributed by atoms with E-state index in [0.717, 1.165) is 44.8 Å². The van der Waals surface area contributed by atoms with Crippen molar-refractivity contribution < 1.29 is 9.47 Å². The Kier molecular flexibility index (Phi) is 10.0. The predicted octanol–water partition coefficient (Wildman–Crippen LogP) is 7.80. The molecule has 2 heterocycles. The first-order valence-electron chi connectivity index (χ1n) is 13.3. The van der Waals surface area contributed by atoms with E-state index in [2.05, 4.69) is 43.3 Å². The molecular formula is C32H36Cl2N4O2. The molecule has 2 N–H and O–H groups in total. The summed E-state index contributed by atoms with van der Waals surface area (Å²) < 4.78 is 11.3. The molecular weight excluding hydrogens is 543 g/mol.